The Kier molecular flexibility index (Phi) is 5.30. The molecule has 24 heavy (non-hydrogen) atoms. The molecule has 2 unspecified atom stereocenters. The number of piperidine rings is 1. The number of aryl methyl sites for hydroxylation is 1. The van der Waals surface area contributed by atoms with Crippen LogP contribution in [0.5, 0.6) is 5.75 Å². The number of hydrogen-bond donors (Lipinski definition) is 1. The molecule has 0 amide bonds. The Morgan fingerprint density at radius 2 is 2.04 bits per heavy atom. The number of nitrogens with zero attached hydrogens (tertiary/aromatic N) is 3. The molecule has 0 spiro atoms. The minimum Gasteiger partial charge on any atom is -0.497 e. The van der Waals surface area contributed by atoms with Crippen molar-refractivity contribution in [3.8, 4) is 5.75 Å². The van der Waals surface area contributed by atoms with Gasteiger partial charge >= 0.3 is 0 Å². The maximum absolute atomic E-state index is 5.29. The van der Waals surface area contributed by atoms with Crippen molar-refractivity contribution in [1.29, 1.82) is 0 Å². The molecule has 5 nitrogen and oxygen atoms in total. The Balaban J connectivity index is 1.73. The highest BCUT2D eigenvalue weighted by atomic mass is 16.5. The van der Waals surface area contributed by atoms with Gasteiger partial charge in [-0.1, -0.05) is 12.1 Å². The van der Waals surface area contributed by atoms with Crippen LogP contribution in [0, 0.1) is 12.8 Å². The van der Waals surface area contributed by atoms with Crippen LogP contribution in [0.25, 0.3) is 0 Å². The number of hydrogen-bond acceptors (Lipinski definition) is 5. The minimum absolute atomic E-state index is 0.417. The molecule has 5 heteroatoms. The molecule has 2 aromatic rings. The molecule has 2 heterocycles. The largest absolute Gasteiger partial charge is 0.497 e. The summed E-state index contributed by atoms with van der Waals surface area (Å²) in [5.74, 6) is 2.36. The summed E-state index contributed by atoms with van der Waals surface area (Å²) in [5.41, 5.74) is 2.34. The van der Waals surface area contributed by atoms with Crippen LogP contribution in [0.15, 0.2) is 36.7 Å². The van der Waals surface area contributed by atoms with Crippen LogP contribution in [0.4, 0.5) is 5.82 Å². The molecular weight excluding hydrogens is 300 g/mol. The molecule has 1 aromatic heterocycles. The van der Waals surface area contributed by atoms with E-state index in [1.807, 2.05) is 13.0 Å². The Morgan fingerprint density at radius 1 is 1.25 bits per heavy atom. The van der Waals surface area contributed by atoms with Crippen molar-refractivity contribution in [2.75, 3.05) is 32.6 Å². The highest BCUT2D eigenvalue weighted by molar-refractivity contribution is 5.35. The summed E-state index contributed by atoms with van der Waals surface area (Å²) in [6, 6.07) is 10.9. The summed E-state index contributed by atoms with van der Waals surface area (Å²) in [6.07, 6.45) is 4.07. The summed E-state index contributed by atoms with van der Waals surface area (Å²) < 4.78 is 5.29. The highest BCUT2D eigenvalue weighted by Crippen LogP contribution is 2.35. The average molecular weight is 326 g/mol. The molecule has 1 aliphatic heterocycles. The van der Waals surface area contributed by atoms with E-state index in [1.54, 1.807) is 13.4 Å². The fourth-order valence-electron chi connectivity index (χ4n) is 3.59. The van der Waals surface area contributed by atoms with Crippen LogP contribution in [-0.2, 0) is 0 Å². The summed E-state index contributed by atoms with van der Waals surface area (Å²) >= 11 is 0. The molecule has 0 radical (unpaired) electrons. The van der Waals surface area contributed by atoms with Gasteiger partial charge in [0.1, 0.15) is 17.9 Å². The zero-order valence-corrected chi connectivity index (χ0v) is 14.7. The second kappa shape index (κ2) is 7.62. The smallest absolute Gasteiger partial charge is 0.129 e. The summed E-state index contributed by atoms with van der Waals surface area (Å²) in [4.78, 5) is 10.9. The van der Waals surface area contributed by atoms with E-state index in [0.29, 0.717) is 12.0 Å². The van der Waals surface area contributed by atoms with Gasteiger partial charge in [0.15, 0.2) is 0 Å². The second-order valence-corrected chi connectivity index (χ2v) is 6.53. The number of anilines is 1. The molecule has 1 aromatic carbocycles. The lowest BCUT2D eigenvalue weighted by atomic mass is 9.85. The Labute approximate surface area is 144 Å². The number of methoxy groups -OCH3 is 1. The molecule has 0 saturated carbocycles. The Bertz CT molecular complexity index is 659. The maximum Gasteiger partial charge on any atom is 0.129 e. The molecule has 1 fully saturated rings. The lowest BCUT2D eigenvalue weighted by molar-refractivity contribution is 0.128. The predicted octanol–water partition coefficient (Wildman–Crippen LogP) is 3.29. The number of rotatable bonds is 5. The molecule has 0 bridgehead atoms. The normalized spacial score (nSPS) is 21.5. The monoisotopic (exact) mass is 326 g/mol. The van der Waals surface area contributed by atoms with Gasteiger partial charge < -0.3 is 10.1 Å². The Morgan fingerprint density at radius 3 is 2.75 bits per heavy atom. The fraction of sp³-hybridized carbons (Fsp3) is 0.474. The highest BCUT2D eigenvalue weighted by Gasteiger charge is 2.30. The van der Waals surface area contributed by atoms with E-state index in [0.717, 1.165) is 30.4 Å². The lowest BCUT2D eigenvalue weighted by Crippen LogP contribution is -2.39. The van der Waals surface area contributed by atoms with Crippen molar-refractivity contribution in [2.24, 2.45) is 5.92 Å². The van der Waals surface area contributed by atoms with Gasteiger partial charge in [-0.25, -0.2) is 9.97 Å². The van der Waals surface area contributed by atoms with E-state index >= 15 is 0 Å². The van der Waals surface area contributed by atoms with Crippen molar-refractivity contribution in [3.05, 3.63) is 47.9 Å². The van der Waals surface area contributed by atoms with Crippen molar-refractivity contribution >= 4 is 5.82 Å². The molecule has 128 valence electrons. The third kappa shape index (κ3) is 3.85. The van der Waals surface area contributed by atoms with Crippen LogP contribution < -0.4 is 10.1 Å². The van der Waals surface area contributed by atoms with Gasteiger partial charge in [-0.15, -0.1) is 0 Å². The number of ether oxygens (including phenoxy) is 1. The van der Waals surface area contributed by atoms with Crippen molar-refractivity contribution in [2.45, 2.75) is 25.8 Å². The SMILES string of the molecule is COc1ccc(C2C(CNc3cc(C)ncn3)CCCN2C)cc1. The number of likely N-dealkylation sites (tertiary alicyclic amines) is 1. The van der Waals surface area contributed by atoms with E-state index in [-0.39, 0.29) is 0 Å². The molecule has 1 aliphatic rings. The quantitative estimate of drug-likeness (QED) is 0.914. The van der Waals surface area contributed by atoms with Crippen LogP contribution in [0.2, 0.25) is 0 Å². The second-order valence-electron chi connectivity index (χ2n) is 6.53. The summed E-state index contributed by atoms with van der Waals surface area (Å²) in [6.45, 7) is 4.04. The van der Waals surface area contributed by atoms with Gasteiger partial charge in [0.25, 0.3) is 0 Å². The molecule has 0 aliphatic carbocycles. The summed E-state index contributed by atoms with van der Waals surface area (Å²) in [5, 5.41) is 3.50. The van der Waals surface area contributed by atoms with Gasteiger partial charge in [-0.05, 0) is 57.0 Å². The third-order valence-corrected chi connectivity index (χ3v) is 4.81. The zero-order valence-electron chi connectivity index (χ0n) is 14.7. The first-order valence-electron chi connectivity index (χ1n) is 8.54. The maximum atomic E-state index is 5.29. The van der Waals surface area contributed by atoms with E-state index < -0.39 is 0 Å². The molecular formula is C19H26N4O. The van der Waals surface area contributed by atoms with E-state index in [9.17, 15) is 0 Å². The third-order valence-electron chi connectivity index (χ3n) is 4.81. The average Bonchev–Trinajstić information content (AvgIpc) is 2.60. The van der Waals surface area contributed by atoms with Crippen LogP contribution in [0.1, 0.15) is 30.1 Å². The van der Waals surface area contributed by atoms with Crippen molar-refractivity contribution in [1.82, 2.24) is 14.9 Å². The van der Waals surface area contributed by atoms with Gasteiger partial charge in [0.2, 0.25) is 0 Å². The first kappa shape index (κ1) is 16.7. The van der Waals surface area contributed by atoms with Gasteiger partial charge in [0.05, 0.1) is 7.11 Å². The molecule has 1 saturated heterocycles. The van der Waals surface area contributed by atoms with Crippen LogP contribution >= 0.6 is 0 Å². The first-order valence-corrected chi connectivity index (χ1v) is 8.54. The predicted molar refractivity (Wildman–Crippen MR) is 96.3 cm³/mol. The molecule has 2 atom stereocenters. The summed E-state index contributed by atoms with van der Waals surface area (Å²) in [7, 11) is 3.92. The van der Waals surface area contributed by atoms with E-state index in [2.05, 4.69) is 51.5 Å². The van der Waals surface area contributed by atoms with Crippen molar-refractivity contribution in [3.63, 3.8) is 0 Å². The van der Waals surface area contributed by atoms with E-state index in [4.69, 9.17) is 4.74 Å². The minimum atomic E-state index is 0.417. The van der Waals surface area contributed by atoms with Gasteiger partial charge in [-0.2, -0.15) is 0 Å². The van der Waals surface area contributed by atoms with Crippen molar-refractivity contribution < 1.29 is 4.74 Å². The molecule has 3 rings (SSSR count). The standard InChI is InChI=1S/C19H26N4O/c1-14-11-18(22-13-21-14)20-12-16-5-4-10-23(2)19(16)15-6-8-17(24-3)9-7-15/h6-9,11,13,16,19H,4-5,10,12H2,1-3H3,(H,20,21,22). The lowest BCUT2D eigenvalue weighted by Gasteiger charge is -2.39. The zero-order chi connectivity index (χ0) is 16.9. The van der Waals surface area contributed by atoms with Gasteiger partial charge in [-0.3, -0.25) is 4.90 Å². The number of benzene rings is 1. The molecule has 1 N–H and O–H groups in total. The number of aromatic nitrogens is 2. The Hall–Kier alpha value is -2.14. The van der Waals surface area contributed by atoms with Crippen LogP contribution in [-0.4, -0.2) is 42.1 Å². The number of nitrogens with one attached hydrogen (secondary N) is 1. The van der Waals surface area contributed by atoms with E-state index in [1.165, 1.54) is 18.4 Å². The first-order chi connectivity index (χ1) is 11.7. The van der Waals surface area contributed by atoms with Crippen LogP contribution in [0.3, 0.4) is 0 Å². The topological polar surface area (TPSA) is 50.3 Å². The fourth-order valence-corrected chi connectivity index (χ4v) is 3.59. The van der Waals surface area contributed by atoms with Gasteiger partial charge in [0, 0.05) is 24.3 Å².